The largest absolute Gasteiger partial charge is 0.386 e. The van der Waals surface area contributed by atoms with Crippen LogP contribution in [0.15, 0.2) is 18.2 Å². The maximum Gasteiger partial charge on any atom is 0.0854 e. The van der Waals surface area contributed by atoms with Crippen LogP contribution in [0, 0.1) is 0 Å². The zero-order valence-electron chi connectivity index (χ0n) is 8.26. The third-order valence-electron chi connectivity index (χ3n) is 2.10. The maximum absolute atomic E-state index is 9.81. The molecular weight excluding hydrogens is 184 g/mol. The van der Waals surface area contributed by atoms with Crippen molar-refractivity contribution < 1.29 is 5.11 Å². The number of rotatable bonds is 2. The van der Waals surface area contributed by atoms with E-state index in [2.05, 4.69) is 6.92 Å². The van der Waals surface area contributed by atoms with Crippen molar-refractivity contribution in [2.45, 2.75) is 32.8 Å². The first-order chi connectivity index (χ1) is 5.95. The van der Waals surface area contributed by atoms with E-state index in [1.54, 1.807) is 13.8 Å². The molecule has 0 amide bonds. The molecule has 0 aliphatic carbocycles. The van der Waals surface area contributed by atoms with E-state index in [9.17, 15) is 5.11 Å². The summed E-state index contributed by atoms with van der Waals surface area (Å²) in [4.78, 5) is 0. The molecule has 0 radical (unpaired) electrons. The lowest BCUT2D eigenvalue weighted by atomic mass is 9.96. The van der Waals surface area contributed by atoms with Gasteiger partial charge in [-0.15, -0.1) is 0 Å². The Morgan fingerprint density at radius 2 is 2.00 bits per heavy atom. The van der Waals surface area contributed by atoms with Gasteiger partial charge in [0.25, 0.3) is 0 Å². The van der Waals surface area contributed by atoms with E-state index in [0.717, 1.165) is 12.0 Å². The second-order valence-electron chi connectivity index (χ2n) is 3.73. The lowest BCUT2D eigenvalue weighted by Crippen LogP contribution is -2.16. The summed E-state index contributed by atoms with van der Waals surface area (Å²) >= 11 is 5.98. The van der Waals surface area contributed by atoms with Gasteiger partial charge in [-0.05, 0) is 31.9 Å². The first kappa shape index (κ1) is 10.6. The molecule has 0 atom stereocenters. The third kappa shape index (κ3) is 2.45. The van der Waals surface area contributed by atoms with E-state index in [4.69, 9.17) is 11.6 Å². The van der Waals surface area contributed by atoms with E-state index < -0.39 is 5.60 Å². The maximum atomic E-state index is 9.81. The van der Waals surface area contributed by atoms with Crippen LogP contribution in [0.1, 0.15) is 31.9 Å². The van der Waals surface area contributed by atoms with E-state index in [0.29, 0.717) is 5.02 Å². The first-order valence-corrected chi connectivity index (χ1v) is 4.84. The molecule has 13 heavy (non-hydrogen) atoms. The normalized spacial score (nSPS) is 11.8. The summed E-state index contributed by atoms with van der Waals surface area (Å²) < 4.78 is 0. The van der Waals surface area contributed by atoms with Gasteiger partial charge in [-0.3, -0.25) is 0 Å². The highest BCUT2D eigenvalue weighted by atomic mass is 35.5. The molecule has 0 saturated carbocycles. The topological polar surface area (TPSA) is 20.2 Å². The molecule has 2 heteroatoms. The van der Waals surface area contributed by atoms with Crippen LogP contribution in [-0.4, -0.2) is 5.11 Å². The minimum Gasteiger partial charge on any atom is -0.386 e. The highest BCUT2D eigenvalue weighted by molar-refractivity contribution is 6.31. The monoisotopic (exact) mass is 198 g/mol. The van der Waals surface area contributed by atoms with E-state index in [1.165, 1.54) is 5.56 Å². The summed E-state index contributed by atoms with van der Waals surface area (Å²) in [7, 11) is 0. The predicted molar refractivity (Wildman–Crippen MR) is 56.1 cm³/mol. The summed E-state index contributed by atoms with van der Waals surface area (Å²) in [6.07, 6.45) is 0.959. The Labute approximate surface area is 84.4 Å². The van der Waals surface area contributed by atoms with E-state index in [1.807, 2.05) is 18.2 Å². The van der Waals surface area contributed by atoms with Crippen LogP contribution in [-0.2, 0) is 12.0 Å². The van der Waals surface area contributed by atoms with Crippen LogP contribution < -0.4 is 0 Å². The second kappa shape index (κ2) is 3.69. The van der Waals surface area contributed by atoms with Crippen molar-refractivity contribution in [2.75, 3.05) is 0 Å². The fourth-order valence-corrected chi connectivity index (χ4v) is 1.61. The van der Waals surface area contributed by atoms with Gasteiger partial charge in [-0.1, -0.05) is 30.7 Å². The second-order valence-corrected chi connectivity index (χ2v) is 4.13. The van der Waals surface area contributed by atoms with Gasteiger partial charge in [0.1, 0.15) is 0 Å². The molecule has 0 fully saturated rings. The van der Waals surface area contributed by atoms with Crippen LogP contribution in [0.3, 0.4) is 0 Å². The van der Waals surface area contributed by atoms with Gasteiger partial charge in [-0.25, -0.2) is 0 Å². The Hall–Kier alpha value is -0.530. The molecule has 0 spiro atoms. The smallest absolute Gasteiger partial charge is 0.0854 e. The molecule has 0 aliphatic rings. The van der Waals surface area contributed by atoms with Crippen molar-refractivity contribution in [2.24, 2.45) is 0 Å². The van der Waals surface area contributed by atoms with Gasteiger partial charge >= 0.3 is 0 Å². The van der Waals surface area contributed by atoms with Crippen LogP contribution >= 0.6 is 11.6 Å². The predicted octanol–water partition coefficient (Wildman–Crippen LogP) is 3.13. The molecule has 0 heterocycles. The molecule has 0 unspecified atom stereocenters. The number of aliphatic hydroxyl groups is 1. The zero-order valence-corrected chi connectivity index (χ0v) is 9.02. The Morgan fingerprint density at radius 1 is 1.38 bits per heavy atom. The van der Waals surface area contributed by atoms with Crippen molar-refractivity contribution >= 4 is 11.6 Å². The highest BCUT2D eigenvalue weighted by Crippen LogP contribution is 2.28. The Morgan fingerprint density at radius 3 is 2.46 bits per heavy atom. The summed E-state index contributed by atoms with van der Waals surface area (Å²) in [6, 6.07) is 5.79. The molecule has 0 aromatic heterocycles. The average Bonchev–Trinajstić information content (AvgIpc) is 2.03. The standard InChI is InChI=1S/C11H15ClO/c1-4-8-5-6-10(12)9(7-8)11(2,3)13/h5-7,13H,4H2,1-3H3. The van der Waals surface area contributed by atoms with Crippen LogP contribution in [0.5, 0.6) is 0 Å². The van der Waals surface area contributed by atoms with Gasteiger partial charge in [0.15, 0.2) is 0 Å². The summed E-state index contributed by atoms with van der Waals surface area (Å²) in [5, 5.41) is 10.4. The quantitative estimate of drug-likeness (QED) is 0.774. The van der Waals surface area contributed by atoms with Crippen LogP contribution in [0.4, 0.5) is 0 Å². The minimum absolute atomic E-state index is 0.629. The lowest BCUT2D eigenvalue weighted by Gasteiger charge is -2.20. The first-order valence-electron chi connectivity index (χ1n) is 4.46. The summed E-state index contributed by atoms with van der Waals surface area (Å²) in [5.41, 5.74) is 1.14. The van der Waals surface area contributed by atoms with Crippen molar-refractivity contribution in [1.29, 1.82) is 0 Å². The number of hydrogen-bond acceptors (Lipinski definition) is 1. The molecule has 1 nitrogen and oxygen atoms in total. The van der Waals surface area contributed by atoms with Gasteiger partial charge in [0, 0.05) is 10.6 Å². The van der Waals surface area contributed by atoms with Crippen LogP contribution in [0.2, 0.25) is 5.02 Å². The number of aryl methyl sites for hydroxylation is 1. The SMILES string of the molecule is CCc1ccc(Cl)c(C(C)(C)O)c1. The lowest BCUT2D eigenvalue weighted by molar-refractivity contribution is 0.0786. The molecule has 1 N–H and O–H groups in total. The minimum atomic E-state index is -0.859. The number of halogens is 1. The zero-order chi connectivity index (χ0) is 10.1. The average molecular weight is 199 g/mol. The van der Waals surface area contributed by atoms with Crippen molar-refractivity contribution in [1.82, 2.24) is 0 Å². The Bertz CT molecular complexity index is 299. The van der Waals surface area contributed by atoms with Gasteiger partial charge in [0.05, 0.1) is 5.60 Å². The summed E-state index contributed by atoms with van der Waals surface area (Å²) in [6.45, 7) is 5.57. The molecule has 1 rings (SSSR count). The molecule has 72 valence electrons. The molecule has 1 aromatic rings. The van der Waals surface area contributed by atoms with Crippen LogP contribution in [0.25, 0.3) is 0 Å². The van der Waals surface area contributed by atoms with E-state index >= 15 is 0 Å². The molecule has 0 saturated heterocycles. The van der Waals surface area contributed by atoms with Crippen molar-refractivity contribution in [3.8, 4) is 0 Å². The van der Waals surface area contributed by atoms with Crippen molar-refractivity contribution in [3.63, 3.8) is 0 Å². The number of hydrogen-bond donors (Lipinski definition) is 1. The number of benzene rings is 1. The Balaban J connectivity index is 3.19. The fraction of sp³-hybridized carbons (Fsp3) is 0.455. The summed E-state index contributed by atoms with van der Waals surface area (Å²) in [5.74, 6) is 0. The van der Waals surface area contributed by atoms with Gasteiger partial charge in [0.2, 0.25) is 0 Å². The fourth-order valence-electron chi connectivity index (χ4n) is 1.26. The molecular formula is C11H15ClO. The van der Waals surface area contributed by atoms with Gasteiger partial charge in [-0.2, -0.15) is 0 Å². The van der Waals surface area contributed by atoms with Crippen molar-refractivity contribution in [3.05, 3.63) is 34.3 Å². The molecule has 0 bridgehead atoms. The Kier molecular flexibility index (Phi) is 2.99. The third-order valence-corrected chi connectivity index (χ3v) is 2.43. The molecule has 1 aromatic carbocycles. The highest BCUT2D eigenvalue weighted by Gasteiger charge is 2.19. The van der Waals surface area contributed by atoms with Gasteiger partial charge < -0.3 is 5.11 Å². The van der Waals surface area contributed by atoms with E-state index in [-0.39, 0.29) is 0 Å². The molecule has 0 aliphatic heterocycles.